The number of hydrogen-bond acceptors (Lipinski definition) is 3. The van der Waals surface area contributed by atoms with Crippen molar-refractivity contribution in [1.82, 2.24) is 19.1 Å². The van der Waals surface area contributed by atoms with Gasteiger partial charge in [-0.25, -0.2) is 4.98 Å². The third kappa shape index (κ3) is 2.44. The zero-order chi connectivity index (χ0) is 19.6. The number of pyridine rings is 2. The highest BCUT2D eigenvalue weighted by molar-refractivity contribution is 6.03. The first kappa shape index (κ1) is 17.0. The second-order valence-electron chi connectivity index (χ2n) is 7.10. The molecule has 0 aliphatic heterocycles. The molecule has 28 heavy (non-hydrogen) atoms. The molecule has 142 valence electrons. The molecule has 1 fully saturated rings. The van der Waals surface area contributed by atoms with Crippen LogP contribution >= 0.6 is 0 Å². The largest absolute Gasteiger partial charge is 0.416 e. The first-order valence-corrected chi connectivity index (χ1v) is 8.88. The van der Waals surface area contributed by atoms with Crippen molar-refractivity contribution in [3.05, 3.63) is 64.5 Å². The fourth-order valence-electron chi connectivity index (χ4n) is 3.72. The Hall–Kier alpha value is -3.16. The van der Waals surface area contributed by atoms with Crippen molar-refractivity contribution >= 4 is 21.9 Å². The molecule has 0 atom stereocenters. The van der Waals surface area contributed by atoms with Gasteiger partial charge in [0.15, 0.2) is 5.52 Å². The zero-order valence-electron chi connectivity index (χ0n) is 14.9. The van der Waals surface area contributed by atoms with Crippen LogP contribution in [0.25, 0.3) is 27.6 Å². The van der Waals surface area contributed by atoms with Gasteiger partial charge >= 0.3 is 6.18 Å². The lowest BCUT2D eigenvalue weighted by Gasteiger charge is -2.16. The normalized spacial score (nSPS) is 14.9. The van der Waals surface area contributed by atoms with Gasteiger partial charge in [0.2, 0.25) is 0 Å². The van der Waals surface area contributed by atoms with Gasteiger partial charge in [-0.3, -0.25) is 14.3 Å². The first-order chi connectivity index (χ1) is 13.4. The number of aryl methyl sites for hydroxylation is 1. The summed E-state index contributed by atoms with van der Waals surface area (Å²) < 4.78 is 43.1. The second kappa shape index (κ2) is 5.67. The van der Waals surface area contributed by atoms with Gasteiger partial charge in [0.05, 0.1) is 34.3 Å². The number of halogens is 3. The van der Waals surface area contributed by atoms with Crippen LogP contribution in [0, 0.1) is 0 Å². The maximum Gasteiger partial charge on any atom is 0.416 e. The third-order valence-corrected chi connectivity index (χ3v) is 5.18. The number of fused-ring (bicyclic) bond motifs is 3. The molecular weight excluding hydrogens is 369 g/mol. The average Bonchev–Trinajstić information content (AvgIpc) is 3.43. The molecule has 0 saturated heterocycles. The molecular formula is C20H15F3N4O. The number of benzene rings is 1. The van der Waals surface area contributed by atoms with Gasteiger partial charge in [-0.1, -0.05) is 6.07 Å². The summed E-state index contributed by atoms with van der Waals surface area (Å²) in [5, 5.41) is 0.535. The van der Waals surface area contributed by atoms with Crippen LogP contribution in [0.3, 0.4) is 0 Å². The van der Waals surface area contributed by atoms with E-state index in [4.69, 9.17) is 0 Å². The standard InChI is InChI=1S/C20H15F3N4O/c1-26-10-25-17-18(26)13-7-6-12(20(21,22)23)9-15(13)27(19(17)28)14-3-2-8-24-16(14)11-4-5-11/h2-3,6-11H,4-5H2,1H3. The van der Waals surface area contributed by atoms with Crippen LogP contribution in [0.1, 0.15) is 30.0 Å². The number of alkyl halides is 3. The van der Waals surface area contributed by atoms with Crippen molar-refractivity contribution in [1.29, 1.82) is 0 Å². The van der Waals surface area contributed by atoms with E-state index in [0.717, 1.165) is 30.7 Å². The van der Waals surface area contributed by atoms with Crippen molar-refractivity contribution < 1.29 is 13.2 Å². The number of nitrogens with zero attached hydrogens (tertiary/aromatic N) is 4. The number of imidazole rings is 1. The summed E-state index contributed by atoms with van der Waals surface area (Å²) in [5.74, 6) is 0.225. The predicted molar refractivity (Wildman–Crippen MR) is 98.6 cm³/mol. The van der Waals surface area contributed by atoms with Gasteiger partial charge in [-0.2, -0.15) is 13.2 Å². The molecule has 3 heterocycles. The van der Waals surface area contributed by atoms with E-state index in [2.05, 4.69) is 9.97 Å². The summed E-state index contributed by atoms with van der Waals surface area (Å²) >= 11 is 0. The average molecular weight is 384 g/mol. The Morgan fingerprint density at radius 1 is 1.14 bits per heavy atom. The van der Waals surface area contributed by atoms with E-state index in [1.165, 1.54) is 17.0 Å². The minimum absolute atomic E-state index is 0.200. The fraction of sp³-hybridized carbons (Fsp3) is 0.250. The van der Waals surface area contributed by atoms with Gasteiger partial charge in [-0.15, -0.1) is 0 Å². The lowest BCUT2D eigenvalue weighted by molar-refractivity contribution is -0.137. The van der Waals surface area contributed by atoms with Crippen LogP contribution in [-0.4, -0.2) is 19.1 Å². The topological polar surface area (TPSA) is 52.7 Å². The highest BCUT2D eigenvalue weighted by Gasteiger charge is 2.32. The quantitative estimate of drug-likeness (QED) is 0.521. The van der Waals surface area contributed by atoms with Crippen molar-refractivity contribution in [2.45, 2.75) is 24.9 Å². The van der Waals surface area contributed by atoms with Crippen molar-refractivity contribution in [3.63, 3.8) is 0 Å². The van der Waals surface area contributed by atoms with E-state index >= 15 is 0 Å². The molecule has 0 N–H and O–H groups in total. The molecule has 5 rings (SSSR count). The van der Waals surface area contributed by atoms with Gasteiger partial charge in [-0.05, 0) is 37.1 Å². The van der Waals surface area contributed by atoms with E-state index in [0.29, 0.717) is 16.6 Å². The molecule has 1 saturated carbocycles. The molecule has 3 aromatic heterocycles. The van der Waals surface area contributed by atoms with E-state index < -0.39 is 17.3 Å². The molecule has 0 spiro atoms. The van der Waals surface area contributed by atoms with Crippen LogP contribution < -0.4 is 5.56 Å². The molecule has 0 radical (unpaired) electrons. The molecule has 1 aromatic carbocycles. The SMILES string of the molecule is Cn1cnc2c(=O)n(-c3cccnc3C3CC3)c3cc(C(F)(F)F)ccc3c21. The smallest absolute Gasteiger partial charge is 0.333 e. The third-order valence-electron chi connectivity index (χ3n) is 5.18. The van der Waals surface area contributed by atoms with E-state index in [9.17, 15) is 18.0 Å². The molecule has 0 bridgehead atoms. The summed E-state index contributed by atoms with van der Waals surface area (Å²) in [6.45, 7) is 0. The lowest BCUT2D eigenvalue weighted by atomic mass is 10.1. The van der Waals surface area contributed by atoms with Gasteiger partial charge in [0.25, 0.3) is 5.56 Å². The number of aromatic nitrogens is 4. The van der Waals surface area contributed by atoms with Gasteiger partial charge in [0, 0.05) is 24.5 Å². The Balaban J connectivity index is 1.97. The van der Waals surface area contributed by atoms with E-state index in [1.807, 2.05) is 0 Å². The monoisotopic (exact) mass is 384 g/mol. The molecule has 0 unspecified atom stereocenters. The summed E-state index contributed by atoms with van der Waals surface area (Å²) in [5.41, 5.74) is 0.947. The van der Waals surface area contributed by atoms with Crippen molar-refractivity contribution in [3.8, 4) is 5.69 Å². The molecule has 1 aliphatic carbocycles. The highest BCUT2D eigenvalue weighted by atomic mass is 19.4. The van der Waals surface area contributed by atoms with Gasteiger partial charge < -0.3 is 4.57 Å². The minimum atomic E-state index is -4.51. The van der Waals surface area contributed by atoms with Gasteiger partial charge in [0.1, 0.15) is 0 Å². The highest BCUT2D eigenvalue weighted by Crippen LogP contribution is 2.42. The maximum atomic E-state index is 13.4. The van der Waals surface area contributed by atoms with Crippen LogP contribution in [0.4, 0.5) is 13.2 Å². The Bertz CT molecular complexity index is 1300. The lowest BCUT2D eigenvalue weighted by Crippen LogP contribution is -2.21. The van der Waals surface area contributed by atoms with Crippen LogP contribution in [0.15, 0.2) is 47.7 Å². The predicted octanol–water partition coefficient (Wildman–Crippen LogP) is 4.17. The molecule has 4 aromatic rings. The van der Waals surface area contributed by atoms with Crippen LogP contribution in [0.5, 0.6) is 0 Å². The summed E-state index contributed by atoms with van der Waals surface area (Å²) in [7, 11) is 1.72. The van der Waals surface area contributed by atoms with Crippen LogP contribution in [-0.2, 0) is 13.2 Å². The molecule has 0 amide bonds. The molecule has 8 heteroatoms. The number of hydrogen-bond donors (Lipinski definition) is 0. The van der Waals surface area contributed by atoms with Crippen LogP contribution in [0.2, 0.25) is 0 Å². The first-order valence-electron chi connectivity index (χ1n) is 8.88. The van der Waals surface area contributed by atoms with E-state index in [1.54, 1.807) is 29.9 Å². The fourth-order valence-corrected chi connectivity index (χ4v) is 3.72. The molecule has 1 aliphatic rings. The Morgan fingerprint density at radius 2 is 1.93 bits per heavy atom. The summed E-state index contributed by atoms with van der Waals surface area (Å²) in [6.07, 6.45) is 0.542. The second-order valence-corrected chi connectivity index (χ2v) is 7.10. The Kier molecular flexibility index (Phi) is 3.44. The minimum Gasteiger partial charge on any atom is -0.333 e. The summed E-state index contributed by atoms with van der Waals surface area (Å²) in [6, 6.07) is 6.90. The van der Waals surface area contributed by atoms with Crippen molar-refractivity contribution in [2.24, 2.45) is 7.05 Å². The summed E-state index contributed by atoms with van der Waals surface area (Å²) in [4.78, 5) is 21.9. The Morgan fingerprint density at radius 3 is 2.64 bits per heavy atom. The maximum absolute atomic E-state index is 13.4. The van der Waals surface area contributed by atoms with E-state index in [-0.39, 0.29) is 17.0 Å². The number of rotatable bonds is 2. The Labute approximate surface area is 157 Å². The molecule has 5 nitrogen and oxygen atoms in total. The van der Waals surface area contributed by atoms with Crippen molar-refractivity contribution in [2.75, 3.05) is 0 Å². The zero-order valence-corrected chi connectivity index (χ0v) is 14.9.